The molecular formula is C13H16F2N2O3. The van der Waals surface area contributed by atoms with Gasteiger partial charge in [0.2, 0.25) is 0 Å². The SMILES string of the molecule is Nc1cc(C(=O)NCC2(O)CCOCC2)c(F)cc1F. The van der Waals surface area contributed by atoms with Crippen LogP contribution in [0.5, 0.6) is 0 Å². The fourth-order valence-corrected chi connectivity index (χ4v) is 2.01. The van der Waals surface area contributed by atoms with Crippen LogP contribution in [0, 0.1) is 11.6 Å². The lowest BCUT2D eigenvalue weighted by atomic mass is 9.94. The molecule has 110 valence electrons. The minimum absolute atomic E-state index is 0.0219. The Labute approximate surface area is 114 Å². The molecule has 0 saturated carbocycles. The molecule has 0 radical (unpaired) electrons. The molecule has 0 aromatic heterocycles. The van der Waals surface area contributed by atoms with E-state index in [9.17, 15) is 18.7 Å². The van der Waals surface area contributed by atoms with E-state index in [1.165, 1.54) is 0 Å². The predicted octanol–water partition coefficient (Wildman–Crippen LogP) is 0.818. The minimum Gasteiger partial charge on any atom is -0.396 e. The number of hydrogen-bond donors (Lipinski definition) is 3. The van der Waals surface area contributed by atoms with Crippen LogP contribution in [0.15, 0.2) is 12.1 Å². The van der Waals surface area contributed by atoms with Gasteiger partial charge in [-0.05, 0) is 6.07 Å². The molecule has 7 heteroatoms. The van der Waals surface area contributed by atoms with Crippen molar-refractivity contribution in [1.82, 2.24) is 5.32 Å². The Morgan fingerprint density at radius 2 is 2.00 bits per heavy atom. The third-order valence-corrected chi connectivity index (χ3v) is 3.33. The highest BCUT2D eigenvalue weighted by Gasteiger charge is 2.30. The van der Waals surface area contributed by atoms with Gasteiger partial charge >= 0.3 is 0 Å². The third-order valence-electron chi connectivity index (χ3n) is 3.33. The number of nitrogen functional groups attached to an aromatic ring is 1. The number of anilines is 1. The Kier molecular flexibility index (Phi) is 4.20. The first-order valence-corrected chi connectivity index (χ1v) is 6.24. The number of benzene rings is 1. The van der Waals surface area contributed by atoms with Crippen molar-refractivity contribution in [1.29, 1.82) is 0 Å². The Hall–Kier alpha value is -1.73. The largest absolute Gasteiger partial charge is 0.396 e. The number of nitrogens with one attached hydrogen (secondary N) is 1. The van der Waals surface area contributed by atoms with Gasteiger partial charge in [-0.2, -0.15) is 0 Å². The maximum atomic E-state index is 13.5. The number of ether oxygens (including phenoxy) is 1. The average Bonchev–Trinajstić information content (AvgIpc) is 2.41. The lowest BCUT2D eigenvalue weighted by molar-refractivity contribution is -0.0605. The van der Waals surface area contributed by atoms with Gasteiger partial charge in [0.25, 0.3) is 5.91 Å². The molecule has 1 aliphatic rings. The number of carbonyl (C=O) groups is 1. The standard InChI is InChI=1S/C13H16F2N2O3/c14-9-6-10(15)11(16)5-8(9)12(18)17-7-13(19)1-3-20-4-2-13/h5-6,19H,1-4,7,16H2,(H,17,18). The van der Waals surface area contributed by atoms with Gasteiger partial charge in [-0.25, -0.2) is 8.78 Å². The summed E-state index contributed by atoms with van der Waals surface area (Å²) in [4.78, 5) is 11.8. The van der Waals surface area contributed by atoms with Gasteiger partial charge in [-0.15, -0.1) is 0 Å². The summed E-state index contributed by atoms with van der Waals surface area (Å²) in [5, 5.41) is 12.6. The van der Waals surface area contributed by atoms with Crippen LogP contribution in [0.3, 0.4) is 0 Å². The van der Waals surface area contributed by atoms with E-state index >= 15 is 0 Å². The molecule has 2 rings (SSSR count). The number of rotatable bonds is 3. The van der Waals surface area contributed by atoms with Crippen LogP contribution in [0.4, 0.5) is 14.5 Å². The molecule has 1 heterocycles. The summed E-state index contributed by atoms with van der Waals surface area (Å²) in [6.45, 7) is 0.792. The summed E-state index contributed by atoms with van der Waals surface area (Å²) >= 11 is 0. The Balaban J connectivity index is 2.03. The van der Waals surface area contributed by atoms with Crippen molar-refractivity contribution >= 4 is 11.6 Å². The van der Waals surface area contributed by atoms with E-state index < -0.39 is 23.1 Å². The van der Waals surface area contributed by atoms with Crippen LogP contribution in [-0.2, 0) is 4.74 Å². The van der Waals surface area contributed by atoms with Crippen LogP contribution >= 0.6 is 0 Å². The Morgan fingerprint density at radius 1 is 1.35 bits per heavy atom. The van der Waals surface area contributed by atoms with Gasteiger partial charge in [0.05, 0.1) is 16.9 Å². The molecule has 0 spiro atoms. The molecular weight excluding hydrogens is 270 g/mol. The summed E-state index contributed by atoms with van der Waals surface area (Å²) in [5.41, 5.74) is 3.59. The summed E-state index contributed by atoms with van der Waals surface area (Å²) in [6, 6.07) is 1.50. The number of hydrogen-bond acceptors (Lipinski definition) is 4. The van der Waals surface area contributed by atoms with Crippen LogP contribution in [0.1, 0.15) is 23.2 Å². The fraction of sp³-hybridized carbons (Fsp3) is 0.462. The van der Waals surface area contributed by atoms with Crippen molar-refractivity contribution in [3.8, 4) is 0 Å². The number of amides is 1. The van der Waals surface area contributed by atoms with Crippen molar-refractivity contribution in [2.75, 3.05) is 25.5 Å². The van der Waals surface area contributed by atoms with E-state index in [1.807, 2.05) is 0 Å². The highest BCUT2D eigenvalue weighted by molar-refractivity contribution is 5.95. The monoisotopic (exact) mass is 286 g/mol. The van der Waals surface area contributed by atoms with Crippen LogP contribution in [0.25, 0.3) is 0 Å². The number of carbonyl (C=O) groups excluding carboxylic acids is 1. The summed E-state index contributed by atoms with van der Waals surface area (Å²) in [5.74, 6) is -2.65. The van der Waals surface area contributed by atoms with Gasteiger partial charge in [0, 0.05) is 38.7 Å². The van der Waals surface area contributed by atoms with E-state index in [0.717, 1.165) is 6.07 Å². The zero-order valence-electron chi connectivity index (χ0n) is 10.8. The molecule has 1 saturated heterocycles. The van der Waals surface area contributed by atoms with Crippen molar-refractivity contribution in [2.24, 2.45) is 0 Å². The topological polar surface area (TPSA) is 84.6 Å². The van der Waals surface area contributed by atoms with Crippen molar-refractivity contribution < 1.29 is 23.4 Å². The van der Waals surface area contributed by atoms with Crippen molar-refractivity contribution in [2.45, 2.75) is 18.4 Å². The molecule has 0 aliphatic carbocycles. The first-order valence-electron chi connectivity index (χ1n) is 6.24. The van der Waals surface area contributed by atoms with E-state index in [-0.39, 0.29) is 17.8 Å². The van der Waals surface area contributed by atoms with Crippen molar-refractivity contribution in [3.05, 3.63) is 29.3 Å². The molecule has 1 fully saturated rings. The minimum atomic E-state index is -1.06. The zero-order chi connectivity index (χ0) is 14.8. The summed E-state index contributed by atoms with van der Waals surface area (Å²) in [7, 11) is 0. The molecule has 0 atom stereocenters. The molecule has 20 heavy (non-hydrogen) atoms. The molecule has 1 amide bonds. The van der Waals surface area contributed by atoms with Crippen LogP contribution < -0.4 is 11.1 Å². The van der Waals surface area contributed by atoms with E-state index in [2.05, 4.69) is 5.32 Å². The first kappa shape index (κ1) is 14.7. The van der Waals surface area contributed by atoms with Gasteiger partial charge in [0.15, 0.2) is 0 Å². The van der Waals surface area contributed by atoms with E-state index in [1.54, 1.807) is 0 Å². The summed E-state index contributed by atoms with van der Waals surface area (Å²) < 4.78 is 31.6. The second-order valence-corrected chi connectivity index (χ2v) is 4.87. The van der Waals surface area contributed by atoms with Gasteiger partial charge < -0.3 is 20.9 Å². The molecule has 0 unspecified atom stereocenters. The normalized spacial score (nSPS) is 17.8. The smallest absolute Gasteiger partial charge is 0.254 e. The van der Waals surface area contributed by atoms with E-state index in [4.69, 9.17) is 10.5 Å². The fourth-order valence-electron chi connectivity index (χ4n) is 2.01. The van der Waals surface area contributed by atoms with E-state index in [0.29, 0.717) is 32.1 Å². The predicted molar refractivity (Wildman–Crippen MR) is 68.1 cm³/mol. The third kappa shape index (κ3) is 3.23. The number of nitrogens with two attached hydrogens (primary N) is 1. The molecule has 4 N–H and O–H groups in total. The highest BCUT2D eigenvalue weighted by Crippen LogP contribution is 2.20. The second kappa shape index (κ2) is 5.72. The Bertz CT molecular complexity index is 517. The molecule has 5 nitrogen and oxygen atoms in total. The quantitative estimate of drug-likeness (QED) is 0.718. The molecule has 0 bridgehead atoms. The number of aliphatic hydroxyl groups is 1. The van der Waals surface area contributed by atoms with Crippen molar-refractivity contribution in [3.63, 3.8) is 0 Å². The molecule has 1 aromatic rings. The second-order valence-electron chi connectivity index (χ2n) is 4.87. The molecule has 1 aliphatic heterocycles. The lowest BCUT2D eigenvalue weighted by Gasteiger charge is -2.32. The van der Waals surface area contributed by atoms with Gasteiger partial charge in [0.1, 0.15) is 11.6 Å². The highest BCUT2D eigenvalue weighted by atomic mass is 19.1. The maximum absolute atomic E-state index is 13.5. The average molecular weight is 286 g/mol. The lowest BCUT2D eigenvalue weighted by Crippen LogP contribution is -2.46. The molecule has 1 aromatic carbocycles. The van der Waals surface area contributed by atoms with Gasteiger partial charge in [-0.1, -0.05) is 0 Å². The number of halogens is 2. The van der Waals surface area contributed by atoms with Crippen LogP contribution in [-0.4, -0.2) is 36.4 Å². The first-order chi connectivity index (χ1) is 9.41. The van der Waals surface area contributed by atoms with Crippen LogP contribution in [0.2, 0.25) is 0 Å². The Morgan fingerprint density at radius 3 is 2.65 bits per heavy atom. The maximum Gasteiger partial charge on any atom is 0.254 e. The summed E-state index contributed by atoms with van der Waals surface area (Å²) in [6.07, 6.45) is 0.780. The van der Waals surface area contributed by atoms with Gasteiger partial charge in [-0.3, -0.25) is 4.79 Å². The zero-order valence-corrected chi connectivity index (χ0v) is 10.8.